The Morgan fingerprint density at radius 1 is 1.27 bits per heavy atom. The standard InChI is InChI=1S/C11H11FN2O/c1-7(2)15-8-3-4-10-9(5-8)11(12)14-6-13-10/h3-7H,1-2H3. The number of aromatic nitrogens is 2. The Kier molecular flexibility index (Phi) is 2.49. The molecular weight excluding hydrogens is 195 g/mol. The number of hydrogen-bond acceptors (Lipinski definition) is 3. The Morgan fingerprint density at radius 3 is 2.80 bits per heavy atom. The lowest BCUT2D eigenvalue weighted by molar-refractivity contribution is 0.242. The summed E-state index contributed by atoms with van der Waals surface area (Å²) in [5.41, 5.74) is 0.582. The molecule has 0 bridgehead atoms. The molecule has 78 valence electrons. The zero-order valence-corrected chi connectivity index (χ0v) is 8.57. The second-order valence-electron chi connectivity index (χ2n) is 3.51. The van der Waals surface area contributed by atoms with E-state index in [9.17, 15) is 4.39 Å². The molecule has 0 radical (unpaired) electrons. The van der Waals surface area contributed by atoms with Gasteiger partial charge >= 0.3 is 0 Å². The minimum Gasteiger partial charge on any atom is -0.491 e. The Labute approximate surface area is 86.9 Å². The highest BCUT2D eigenvalue weighted by atomic mass is 19.1. The van der Waals surface area contributed by atoms with Crippen molar-refractivity contribution < 1.29 is 9.13 Å². The normalized spacial score (nSPS) is 10.9. The molecule has 0 amide bonds. The molecule has 4 heteroatoms. The van der Waals surface area contributed by atoms with Crippen LogP contribution in [0.4, 0.5) is 4.39 Å². The second-order valence-corrected chi connectivity index (χ2v) is 3.51. The molecule has 1 heterocycles. The molecule has 0 aliphatic carbocycles. The van der Waals surface area contributed by atoms with Crippen LogP contribution in [0.15, 0.2) is 24.5 Å². The average Bonchev–Trinajstić information content (AvgIpc) is 2.18. The molecule has 2 rings (SSSR count). The van der Waals surface area contributed by atoms with Crippen molar-refractivity contribution in [3.8, 4) is 5.75 Å². The van der Waals surface area contributed by atoms with Crippen molar-refractivity contribution in [1.29, 1.82) is 0 Å². The van der Waals surface area contributed by atoms with Crippen LogP contribution in [0, 0.1) is 5.95 Å². The summed E-state index contributed by atoms with van der Waals surface area (Å²) < 4.78 is 18.8. The van der Waals surface area contributed by atoms with E-state index >= 15 is 0 Å². The van der Waals surface area contributed by atoms with Gasteiger partial charge in [-0.05, 0) is 32.0 Å². The molecule has 0 saturated carbocycles. The van der Waals surface area contributed by atoms with Gasteiger partial charge in [-0.15, -0.1) is 0 Å². The Bertz CT molecular complexity index is 485. The highest BCUT2D eigenvalue weighted by molar-refractivity contribution is 5.79. The van der Waals surface area contributed by atoms with E-state index in [-0.39, 0.29) is 6.10 Å². The lowest BCUT2D eigenvalue weighted by atomic mass is 10.2. The summed E-state index contributed by atoms with van der Waals surface area (Å²) in [5, 5.41) is 0.385. The van der Waals surface area contributed by atoms with Crippen LogP contribution < -0.4 is 4.74 Å². The van der Waals surface area contributed by atoms with Gasteiger partial charge in [-0.2, -0.15) is 4.39 Å². The summed E-state index contributed by atoms with van der Waals surface area (Å²) in [6.45, 7) is 3.84. The lowest BCUT2D eigenvalue weighted by Crippen LogP contribution is -2.05. The van der Waals surface area contributed by atoms with Crippen LogP contribution in [0.3, 0.4) is 0 Å². The molecule has 3 nitrogen and oxygen atoms in total. The van der Waals surface area contributed by atoms with Crippen molar-refractivity contribution in [2.75, 3.05) is 0 Å². The van der Waals surface area contributed by atoms with Gasteiger partial charge in [0.2, 0.25) is 5.95 Å². The van der Waals surface area contributed by atoms with Gasteiger partial charge in [0, 0.05) is 0 Å². The second kappa shape index (κ2) is 3.81. The van der Waals surface area contributed by atoms with Crippen LogP contribution in [0.25, 0.3) is 10.9 Å². The van der Waals surface area contributed by atoms with Crippen molar-refractivity contribution in [2.24, 2.45) is 0 Å². The van der Waals surface area contributed by atoms with E-state index in [1.807, 2.05) is 13.8 Å². The quantitative estimate of drug-likeness (QED) is 0.708. The summed E-state index contributed by atoms with van der Waals surface area (Å²) in [6.07, 6.45) is 1.27. The van der Waals surface area contributed by atoms with Crippen molar-refractivity contribution in [2.45, 2.75) is 20.0 Å². The fourth-order valence-corrected chi connectivity index (χ4v) is 1.35. The SMILES string of the molecule is CC(C)Oc1ccc2ncnc(F)c2c1. The van der Waals surface area contributed by atoms with Crippen LogP contribution in [0.1, 0.15) is 13.8 Å². The van der Waals surface area contributed by atoms with Crippen molar-refractivity contribution in [3.05, 3.63) is 30.5 Å². The van der Waals surface area contributed by atoms with Gasteiger partial charge in [-0.3, -0.25) is 0 Å². The molecule has 0 saturated heterocycles. The molecule has 0 atom stereocenters. The van der Waals surface area contributed by atoms with Crippen molar-refractivity contribution in [1.82, 2.24) is 9.97 Å². The summed E-state index contributed by atoms with van der Waals surface area (Å²) in [7, 11) is 0. The fourth-order valence-electron chi connectivity index (χ4n) is 1.35. The fraction of sp³-hybridized carbons (Fsp3) is 0.273. The first-order valence-corrected chi connectivity index (χ1v) is 4.74. The number of ether oxygens (including phenoxy) is 1. The molecule has 0 aliphatic heterocycles. The third-order valence-electron chi connectivity index (χ3n) is 1.93. The van der Waals surface area contributed by atoms with Crippen molar-refractivity contribution >= 4 is 10.9 Å². The van der Waals surface area contributed by atoms with E-state index < -0.39 is 5.95 Å². The lowest BCUT2D eigenvalue weighted by Gasteiger charge is -2.09. The zero-order chi connectivity index (χ0) is 10.8. The van der Waals surface area contributed by atoms with E-state index in [2.05, 4.69) is 9.97 Å². The van der Waals surface area contributed by atoms with Crippen LogP contribution in [0.5, 0.6) is 5.75 Å². The summed E-state index contributed by atoms with van der Waals surface area (Å²) in [5.74, 6) is 0.111. The summed E-state index contributed by atoms with van der Waals surface area (Å²) in [4.78, 5) is 7.45. The zero-order valence-electron chi connectivity index (χ0n) is 8.57. The maximum atomic E-state index is 13.3. The maximum Gasteiger partial charge on any atom is 0.223 e. The molecule has 0 spiro atoms. The van der Waals surface area contributed by atoms with Gasteiger partial charge in [-0.1, -0.05) is 0 Å². The van der Waals surface area contributed by atoms with E-state index in [0.717, 1.165) is 0 Å². The van der Waals surface area contributed by atoms with Gasteiger partial charge in [0.1, 0.15) is 12.1 Å². The number of halogens is 1. The minimum atomic E-state index is -0.519. The minimum absolute atomic E-state index is 0.0649. The Hall–Kier alpha value is -1.71. The number of benzene rings is 1. The summed E-state index contributed by atoms with van der Waals surface area (Å²) in [6, 6.07) is 5.11. The van der Waals surface area contributed by atoms with Crippen molar-refractivity contribution in [3.63, 3.8) is 0 Å². The first-order chi connectivity index (χ1) is 7.16. The molecule has 2 aromatic rings. The van der Waals surface area contributed by atoms with E-state index in [1.165, 1.54) is 6.33 Å². The molecule has 1 aromatic carbocycles. The molecule has 0 unspecified atom stereocenters. The van der Waals surface area contributed by atoms with Crippen LogP contribution in [-0.4, -0.2) is 16.1 Å². The largest absolute Gasteiger partial charge is 0.491 e. The first-order valence-electron chi connectivity index (χ1n) is 4.74. The van der Waals surface area contributed by atoms with E-state index in [0.29, 0.717) is 16.7 Å². The van der Waals surface area contributed by atoms with Crippen LogP contribution in [0.2, 0.25) is 0 Å². The predicted octanol–water partition coefficient (Wildman–Crippen LogP) is 2.56. The highest BCUT2D eigenvalue weighted by Crippen LogP contribution is 2.21. The average molecular weight is 206 g/mol. The summed E-state index contributed by atoms with van der Waals surface area (Å²) >= 11 is 0. The molecule has 1 aromatic heterocycles. The third kappa shape index (κ3) is 2.03. The molecule has 0 N–H and O–H groups in total. The predicted molar refractivity (Wildman–Crippen MR) is 55.3 cm³/mol. The number of nitrogens with zero attached hydrogens (tertiary/aromatic N) is 2. The Balaban J connectivity index is 2.50. The van der Waals surface area contributed by atoms with Gasteiger partial charge in [-0.25, -0.2) is 9.97 Å². The maximum absolute atomic E-state index is 13.3. The topological polar surface area (TPSA) is 35.0 Å². The van der Waals surface area contributed by atoms with Crippen LogP contribution in [-0.2, 0) is 0 Å². The molecule has 15 heavy (non-hydrogen) atoms. The number of rotatable bonds is 2. The Morgan fingerprint density at radius 2 is 2.07 bits per heavy atom. The molecule has 0 aliphatic rings. The van der Waals surface area contributed by atoms with E-state index in [4.69, 9.17) is 4.74 Å². The van der Waals surface area contributed by atoms with Gasteiger partial charge < -0.3 is 4.74 Å². The van der Waals surface area contributed by atoms with E-state index in [1.54, 1.807) is 18.2 Å². The van der Waals surface area contributed by atoms with Gasteiger partial charge in [0.05, 0.1) is 17.0 Å². The van der Waals surface area contributed by atoms with Gasteiger partial charge in [0.15, 0.2) is 0 Å². The monoisotopic (exact) mass is 206 g/mol. The first kappa shape index (κ1) is 9.83. The van der Waals surface area contributed by atoms with Crippen LogP contribution >= 0.6 is 0 Å². The smallest absolute Gasteiger partial charge is 0.223 e. The van der Waals surface area contributed by atoms with Gasteiger partial charge in [0.25, 0.3) is 0 Å². The molecule has 0 fully saturated rings. The number of hydrogen-bond donors (Lipinski definition) is 0. The molecular formula is C11H11FN2O. The third-order valence-corrected chi connectivity index (χ3v) is 1.93. The number of fused-ring (bicyclic) bond motifs is 1. The highest BCUT2D eigenvalue weighted by Gasteiger charge is 2.05.